The molecule has 0 aromatic heterocycles. The fraction of sp³-hybridized carbons (Fsp3) is 0. The van der Waals surface area contributed by atoms with Crippen molar-refractivity contribution in [1.29, 1.82) is 0 Å². The number of anilines is 2. The summed E-state index contributed by atoms with van der Waals surface area (Å²) in [5.74, 6) is -0.468. The maximum atomic E-state index is 10.7. The zero-order valence-electron chi connectivity index (χ0n) is 11.8. The highest BCUT2D eigenvalue weighted by Crippen LogP contribution is 2.37. The third kappa shape index (κ3) is 4.48. The fourth-order valence-corrected chi connectivity index (χ4v) is 2.59. The van der Waals surface area contributed by atoms with Crippen LogP contribution in [0.4, 0.5) is 11.4 Å². The predicted octanol–water partition coefficient (Wildman–Crippen LogP) is 0.881. The largest absolute Gasteiger partial charge is 0.446 e. The van der Waals surface area contributed by atoms with Crippen molar-refractivity contribution in [1.82, 2.24) is 0 Å². The van der Waals surface area contributed by atoms with Gasteiger partial charge in [-0.1, -0.05) is 12.1 Å². The maximum Gasteiger partial charge on any atom is 0.446 e. The third-order valence-corrected chi connectivity index (χ3v) is 3.60. The molecule has 0 atom stereocenters. The SMILES string of the molecule is Nc1c(OS(=O)(=O)O)ccc(-c2ccc(OS(=O)(=O)O)cc2)c1N. The molecule has 0 aliphatic rings. The molecular formula is C12H12N2O8S2. The van der Waals surface area contributed by atoms with Gasteiger partial charge in [-0.15, -0.1) is 0 Å². The Bertz CT molecular complexity index is 969. The monoisotopic (exact) mass is 376 g/mol. The summed E-state index contributed by atoms with van der Waals surface area (Å²) in [5.41, 5.74) is 12.2. The van der Waals surface area contributed by atoms with Crippen LogP contribution in [0.3, 0.4) is 0 Å². The van der Waals surface area contributed by atoms with E-state index in [-0.39, 0.29) is 22.9 Å². The van der Waals surface area contributed by atoms with Crippen molar-refractivity contribution < 1.29 is 34.3 Å². The number of hydrogen-bond acceptors (Lipinski definition) is 8. The number of nitrogen functional groups attached to an aromatic ring is 2. The molecule has 0 bridgehead atoms. The molecule has 0 aliphatic carbocycles. The molecule has 0 spiro atoms. The number of rotatable bonds is 5. The Morgan fingerprint density at radius 2 is 1.29 bits per heavy atom. The highest BCUT2D eigenvalue weighted by Gasteiger charge is 2.16. The van der Waals surface area contributed by atoms with E-state index in [1.165, 1.54) is 36.4 Å². The molecule has 0 fully saturated rings. The Labute approximate surface area is 137 Å². The maximum absolute atomic E-state index is 10.7. The topological polar surface area (TPSA) is 179 Å². The molecule has 2 aromatic carbocycles. The van der Waals surface area contributed by atoms with E-state index in [0.717, 1.165) is 0 Å². The molecule has 0 amide bonds. The first kappa shape index (κ1) is 17.8. The fourth-order valence-electron chi connectivity index (χ4n) is 1.87. The predicted molar refractivity (Wildman–Crippen MR) is 85.1 cm³/mol. The summed E-state index contributed by atoms with van der Waals surface area (Å²) in [5, 5.41) is 0. The summed E-state index contributed by atoms with van der Waals surface area (Å²) in [6, 6.07) is 7.99. The van der Waals surface area contributed by atoms with Crippen molar-refractivity contribution in [2.45, 2.75) is 0 Å². The molecule has 0 heterocycles. The molecule has 0 aliphatic heterocycles. The van der Waals surface area contributed by atoms with Crippen molar-refractivity contribution in [2.24, 2.45) is 0 Å². The molecule has 0 unspecified atom stereocenters. The standard InChI is InChI=1S/C12H12N2O8S2/c13-11-9(5-6-10(12(11)14)22-24(18,19)20)7-1-3-8(4-2-7)21-23(15,16)17/h1-6H,13-14H2,(H,15,16,17)(H,18,19,20). The van der Waals surface area contributed by atoms with Gasteiger partial charge in [0.25, 0.3) is 0 Å². The Morgan fingerprint density at radius 3 is 1.79 bits per heavy atom. The summed E-state index contributed by atoms with van der Waals surface area (Å²) in [6.07, 6.45) is 0. The molecule has 24 heavy (non-hydrogen) atoms. The Hall–Kier alpha value is -2.54. The van der Waals surface area contributed by atoms with Gasteiger partial charge >= 0.3 is 20.8 Å². The average molecular weight is 376 g/mol. The van der Waals surface area contributed by atoms with Crippen LogP contribution in [0.5, 0.6) is 11.5 Å². The van der Waals surface area contributed by atoms with Crippen LogP contribution in [0.2, 0.25) is 0 Å². The van der Waals surface area contributed by atoms with Crippen LogP contribution in [0.25, 0.3) is 11.1 Å². The Balaban J connectivity index is 2.38. The molecule has 10 nitrogen and oxygen atoms in total. The smallest absolute Gasteiger partial charge is 0.396 e. The van der Waals surface area contributed by atoms with E-state index in [9.17, 15) is 16.8 Å². The van der Waals surface area contributed by atoms with Gasteiger partial charge in [0.05, 0.1) is 5.69 Å². The van der Waals surface area contributed by atoms with Gasteiger partial charge in [-0.05, 0) is 29.8 Å². The first-order valence-electron chi connectivity index (χ1n) is 6.08. The molecule has 2 rings (SSSR count). The zero-order valence-corrected chi connectivity index (χ0v) is 13.4. The molecule has 2 aromatic rings. The summed E-state index contributed by atoms with van der Waals surface area (Å²) in [4.78, 5) is 0. The van der Waals surface area contributed by atoms with Crippen LogP contribution in [0.15, 0.2) is 36.4 Å². The third-order valence-electron chi connectivity index (χ3n) is 2.81. The van der Waals surface area contributed by atoms with Gasteiger partial charge in [0.2, 0.25) is 0 Å². The summed E-state index contributed by atoms with van der Waals surface area (Å²) in [6.45, 7) is 0. The van der Waals surface area contributed by atoms with Crippen LogP contribution in [0.1, 0.15) is 0 Å². The van der Waals surface area contributed by atoms with E-state index in [2.05, 4.69) is 8.37 Å². The van der Waals surface area contributed by atoms with Crippen molar-refractivity contribution in [3.63, 3.8) is 0 Å². The second kappa shape index (κ2) is 6.16. The Morgan fingerprint density at radius 1 is 0.750 bits per heavy atom. The minimum Gasteiger partial charge on any atom is -0.396 e. The number of hydrogen-bond donors (Lipinski definition) is 4. The second-order valence-corrected chi connectivity index (χ2v) is 6.53. The summed E-state index contributed by atoms with van der Waals surface area (Å²) in [7, 11) is -9.38. The van der Waals surface area contributed by atoms with Gasteiger partial charge in [0, 0.05) is 5.56 Å². The summed E-state index contributed by atoms with van der Waals surface area (Å²) < 4.78 is 68.5. The quantitative estimate of drug-likeness (QED) is 0.432. The molecule has 6 N–H and O–H groups in total. The summed E-state index contributed by atoms with van der Waals surface area (Å²) >= 11 is 0. The van der Waals surface area contributed by atoms with Crippen LogP contribution in [-0.2, 0) is 20.8 Å². The van der Waals surface area contributed by atoms with E-state index in [4.69, 9.17) is 20.6 Å². The minimum atomic E-state index is -4.75. The average Bonchev–Trinajstić information content (AvgIpc) is 2.42. The number of nitrogens with two attached hydrogens (primary N) is 2. The van der Waals surface area contributed by atoms with Crippen molar-refractivity contribution >= 4 is 32.2 Å². The lowest BCUT2D eigenvalue weighted by atomic mass is 10.0. The van der Waals surface area contributed by atoms with Crippen LogP contribution < -0.4 is 19.8 Å². The van der Waals surface area contributed by atoms with E-state index in [0.29, 0.717) is 11.1 Å². The van der Waals surface area contributed by atoms with Gasteiger partial charge in [-0.25, -0.2) is 0 Å². The molecule has 0 saturated heterocycles. The number of benzene rings is 2. The normalized spacial score (nSPS) is 11.9. The van der Waals surface area contributed by atoms with Gasteiger partial charge in [0.1, 0.15) is 11.4 Å². The van der Waals surface area contributed by atoms with Crippen LogP contribution in [-0.4, -0.2) is 25.9 Å². The van der Waals surface area contributed by atoms with Crippen molar-refractivity contribution in [3.05, 3.63) is 36.4 Å². The van der Waals surface area contributed by atoms with E-state index in [1.807, 2.05) is 0 Å². The Kier molecular flexibility index (Phi) is 4.57. The van der Waals surface area contributed by atoms with Crippen LogP contribution in [0, 0.1) is 0 Å². The van der Waals surface area contributed by atoms with Gasteiger partial charge in [0.15, 0.2) is 5.75 Å². The molecule has 0 radical (unpaired) electrons. The van der Waals surface area contributed by atoms with Crippen molar-refractivity contribution in [3.8, 4) is 22.6 Å². The van der Waals surface area contributed by atoms with Gasteiger partial charge in [-0.2, -0.15) is 16.8 Å². The van der Waals surface area contributed by atoms with E-state index < -0.39 is 20.8 Å². The van der Waals surface area contributed by atoms with E-state index >= 15 is 0 Å². The highest BCUT2D eigenvalue weighted by atomic mass is 32.3. The van der Waals surface area contributed by atoms with Gasteiger partial charge < -0.3 is 19.8 Å². The van der Waals surface area contributed by atoms with Crippen LogP contribution >= 0.6 is 0 Å². The second-order valence-electron chi connectivity index (χ2n) is 4.49. The lowest BCUT2D eigenvalue weighted by Crippen LogP contribution is -2.09. The lowest BCUT2D eigenvalue weighted by molar-refractivity contribution is 0.384. The zero-order chi connectivity index (χ0) is 18.1. The highest BCUT2D eigenvalue weighted by molar-refractivity contribution is 7.81. The van der Waals surface area contributed by atoms with Crippen molar-refractivity contribution in [2.75, 3.05) is 11.5 Å². The first-order chi connectivity index (χ1) is 11.0. The molecule has 0 saturated carbocycles. The lowest BCUT2D eigenvalue weighted by Gasteiger charge is -2.12. The molecular weight excluding hydrogens is 364 g/mol. The van der Waals surface area contributed by atoms with Gasteiger partial charge in [-0.3, -0.25) is 9.11 Å². The molecule has 130 valence electrons. The molecule has 12 heteroatoms. The van der Waals surface area contributed by atoms with E-state index in [1.54, 1.807) is 0 Å². The first-order valence-corrected chi connectivity index (χ1v) is 8.81. The minimum absolute atomic E-state index is 0.0143.